The van der Waals surface area contributed by atoms with Gasteiger partial charge in [0.2, 0.25) is 15.9 Å². The van der Waals surface area contributed by atoms with Crippen LogP contribution in [0.25, 0.3) is 0 Å². The highest BCUT2D eigenvalue weighted by Gasteiger charge is 2.35. The fourth-order valence-corrected chi connectivity index (χ4v) is 4.68. The van der Waals surface area contributed by atoms with Crippen molar-refractivity contribution in [1.29, 1.82) is 0 Å². The van der Waals surface area contributed by atoms with Crippen molar-refractivity contribution in [1.82, 2.24) is 9.21 Å². The van der Waals surface area contributed by atoms with Crippen LogP contribution in [-0.2, 0) is 19.6 Å². The van der Waals surface area contributed by atoms with Crippen molar-refractivity contribution in [3.05, 3.63) is 29.6 Å². The summed E-state index contributed by atoms with van der Waals surface area (Å²) in [6.45, 7) is 1.33. The second kappa shape index (κ2) is 7.53. The van der Waals surface area contributed by atoms with E-state index in [1.807, 2.05) is 0 Å². The van der Waals surface area contributed by atoms with E-state index < -0.39 is 32.4 Å². The molecule has 3 rings (SSSR count). The maximum Gasteiger partial charge on any atom is 0.246 e. The molecule has 1 aromatic carbocycles. The summed E-state index contributed by atoms with van der Waals surface area (Å²) in [4.78, 5) is 13.2. The highest BCUT2D eigenvalue weighted by molar-refractivity contribution is 7.89. The fraction of sp³-hybridized carbons (Fsp3) is 0.562. The molecule has 0 unspecified atom stereocenters. The summed E-state index contributed by atoms with van der Waals surface area (Å²) in [6.07, 6.45) is 1.27. The van der Waals surface area contributed by atoms with E-state index >= 15 is 0 Å². The SMILES string of the molecule is O=C(C1CCOCC1)N1CCN(S(=O)(=O)c2ccc(F)c(F)c2F)CC1. The second-order valence-electron chi connectivity index (χ2n) is 6.29. The van der Waals surface area contributed by atoms with E-state index in [9.17, 15) is 26.4 Å². The third kappa shape index (κ3) is 3.58. The van der Waals surface area contributed by atoms with Crippen molar-refractivity contribution in [2.75, 3.05) is 39.4 Å². The summed E-state index contributed by atoms with van der Waals surface area (Å²) < 4.78 is 71.5. The maximum absolute atomic E-state index is 13.9. The molecule has 0 bridgehead atoms. The molecule has 0 N–H and O–H groups in total. The molecule has 1 amide bonds. The molecule has 26 heavy (non-hydrogen) atoms. The first-order chi connectivity index (χ1) is 12.3. The normalized spacial score (nSPS) is 20.3. The lowest BCUT2D eigenvalue weighted by atomic mass is 9.98. The minimum absolute atomic E-state index is 0.0320. The predicted molar refractivity (Wildman–Crippen MR) is 85.2 cm³/mol. The van der Waals surface area contributed by atoms with Gasteiger partial charge in [-0.05, 0) is 25.0 Å². The third-order valence-electron chi connectivity index (χ3n) is 4.74. The molecule has 0 saturated carbocycles. The molecule has 0 spiro atoms. The molecule has 0 aliphatic carbocycles. The zero-order valence-corrected chi connectivity index (χ0v) is 14.8. The minimum Gasteiger partial charge on any atom is -0.381 e. The van der Waals surface area contributed by atoms with Gasteiger partial charge in [0.05, 0.1) is 0 Å². The van der Waals surface area contributed by atoms with E-state index in [1.54, 1.807) is 4.90 Å². The second-order valence-corrected chi connectivity index (χ2v) is 8.20. The van der Waals surface area contributed by atoms with Crippen LogP contribution in [-0.4, -0.2) is 62.9 Å². The molecule has 144 valence electrons. The maximum atomic E-state index is 13.9. The van der Waals surface area contributed by atoms with Gasteiger partial charge in [0, 0.05) is 45.3 Å². The van der Waals surface area contributed by atoms with Crippen molar-refractivity contribution < 1.29 is 31.1 Å². The van der Waals surface area contributed by atoms with E-state index in [2.05, 4.69) is 0 Å². The van der Waals surface area contributed by atoms with Gasteiger partial charge in [0.25, 0.3) is 0 Å². The molecule has 2 heterocycles. The summed E-state index contributed by atoms with van der Waals surface area (Å²) in [7, 11) is -4.31. The van der Waals surface area contributed by atoms with Crippen LogP contribution in [0, 0.1) is 23.4 Å². The lowest BCUT2D eigenvalue weighted by Gasteiger charge is -2.36. The number of piperazine rings is 1. The van der Waals surface area contributed by atoms with Crippen LogP contribution in [0.4, 0.5) is 13.2 Å². The third-order valence-corrected chi connectivity index (χ3v) is 6.65. The Bertz CT molecular complexity index is 789. The molecule has 2 fully saturated rings. The number of benzene rings is 1. The van der Waals surface area contributed by atoms with Gasteiger partial charge in [-0.3, -0.25) is 4.79 Å². The summed E-state index contributed by atoms with van der Waals surface area (Å²) in [5.41, 5.74) is 0. The Morgan fingerprint density at radius 2 is 1.62 bits per heavy atom. The van der Waals surface area contributed by atoms with Gasteiger partial charge in [0.15, 0.2) is 17.5 Å². The number of hydrogen-bond donors (Lipinski definition) is 0. The number of carbonyl (C=O) groups excluding carboxylic acids is 1. The van der Waals surface area contributed by atoms with Crippen LogP contribution in [0.1, 0.15) is 12.8 Å². The number of sulfonamides is 1. The molecule has 0 atom stereocenters. The molecule has 0 radical (unpaired) electrons. The highest BCUT2D eigenvalue weighted by Crippen LogP contribution is 2.25. The van der Waals surface area contributed by atoms with Gasteiger partial charge < -0.3 is 9.64 Å². The van der Waals surface area contributed by atoms with Crippen LogP contribution >= 0.6 is 0 Å². The van der Waals surface area contributed by atoms with Gasteiger partial charge in [0.1, 0.15) is 4.90 Å². The van der Waals surface area contributed by atoms with E-state index in [4.69, 9.17) is 4.74 Å². The molecule has 2 aliphatic heterocycles. The number of nitrogens with zero attached hydrogens (tertiary/aromatic N) is 2. The number of ether oxygens (including phenoxy) is 1. The molecule has 10 heteroatoms. The summed E-state index contributed by atoms with van der Waals surface area (Å²) >= 11 is 0. The molecular formula is C16H19F3N2O4S. The van der Waals surface area contributed by atoms with Gasteiger partial charge in [-0.25, -0.2) is 21.6 Å². The first-order valence-corrected chi connectivity index (χ1v) is 9.76. The Morgan fingerprint density at radius 1 is 1.00 bits per heavy atom. The van der Waals surface area contributed by atoms with Crippen molar-refractivity contribution in [3.8, 4) is 0 Å². The molecule has 2 aliphatic rings. The zero-order chi connectivity index (χ0) is 18.9. The predicted octanol–water partition coefficient (Wildman–Crippen LogP) is 1.36. The topological polar surface area (TPSA) is 66.9 Å². The van der Waals surface area contributed by atoms with Gasteiger partial charge in [-0.2, -0.15) is 4.31 Å². The highest BCUT2D eigenvalue weighted by atomic mass is 32.2. The fourth-order valence-electron chi connectivity index (χ4n) is 3.20. The van der Waals surface area contributed by atoms with Crippen LogP contribution in [0.2, 0.25) is 0 Å². The van der Waals surface area contributed by atoms with Gasteiger partial charge in [-0.15, -0.1) is 0 Å². The van der Waals surface area contributed by atoms with E-state index in [1.165, 1.54) is 0 Å². The number of hydrogen-bond acceptors (Lipinski definition) is 4. The Morgan fingerprint density at radius 3 is 2.23 bits per heavy atom. The molecular weight excluding hydrogens is 373 g/mol. The van der Waals surface area contributed by atoms with Crippen LogP contribution in [0.5, 0.6) is 0 Å². The average Bonchev–Trinajstić information content (AvgIpc) is 2.66. The number of rotatable bonds is 3. The van der Waals surface area contributed by atoms with Crippen LogP contribution in [0.15, 0.2) is 17.0 Å². The quantitative estimate of drug-likeness (QED) is 0.729. The van der Waals surface area contributed by atoms with Crippen LogP contribution < -0.4 is 0 Å². The van der Waals surface area contributed by atoms with Crippen molar-refractivity contribution in [3.63, 3.8) is 0 Å². The molecule has 6 nitrogen and oxygen atoms in total. The smallest absolute Gasteiger partial charge is 0.246 e. The number of halogens is 3. The first kappa shape index (κ1) is 19.1. The van der Waals surface area contributed by atoms with Crippen molar-refractivity contribution >= 4 is 15.9 Å². The minimum atomic E-state index is -4.31. The Balaban J connectivity index is 1.69. The molecule has 2 saturated heterocycles. The number of amides is 1. The Labute approximate surface area is 149 Å². The summed E-state index contributed by atoms with van der Waals surface area (Å²) in [6, 6.07) is 1.29. The van der Waals surface area contributed by atoms with Gasteiger partial charge >= 0.3 is 0 Å². The molecule has 1 aromatic rings. The van der Waals surface area contributed by atoms with Gasteiger partial charge in [-0.1, -0.05) is 0 Å². The average molecular weight is 392 g/mol. The largest absolute Gasteiger partial charge is 0.381 e. The number of carbonyl (C=O) groups is 1. The lowest BCUT2D eigenvalue weighted by Crippen LogP contribution is -2.52. The lowest BCUT2D eigenvalue weighted by molar-refractivity contribution is -0.139. The summed E-state index contributed by atoms with van der Waals surface area (Å²) in [5.74, 6) is -5.17. The van der Waals surface area contributed by atoms with E-state index in [0.29, 0.717) is 38.2 Å². The standard InChI is InChI=1S/C16H19F3N2O4S/c17-12-1-2-13(15(19)14(12)18)26(23,24)21-7-5-20(6-8-21)16(22)11-3-9-25-10-4-11/h1-2,11H,3-10H2. The van der Waals surface area contributed by atoms with Crippen molar-refractivity contribution in [2.45, 2.75) is 17.7 Å². The van der Waals surface area contributed by atoms with Crippen molar-refractivity contribution in [2.24, 2.45) is 5.92 Å². The summed E-state index contributed by atoms with van der Waals surface area (Å²) in [5, 5.41) is 0. The van der Waals surface area contributed by atoms with E-state index in [-0.39, 0.29) is 38.0 Å². The molecule has 0 aromatic heterocycles. The Hall–Kier alpha value is -1.65. The zero-order valence-electron chi connectivity index (χ0n) is 14.0. The monoisotopic (exact) mass is 392 g/mol. The first-order valence-electron chi connectivity index (χ1n) is 8.32. The van der Waals surface area contributed by atoms with Crippen LogP contribution in [0.3, 0.4) is 0 Å². The van der Waals surface area contributed by atoms with E-state index in [0.717, 1.165) is 4.31 Å². The Kier molecular flexibility index (Phi) is 5.54.